The number of anilines is 1. The Hall–Kier alpha value is -0.620. The third kappa shape index (κ3) is 4.95. The summed E-state index contributed by atoms with van der Waals surface area (Å²) in [7, 11) is 0. The second-order valence-corrected chi connectivity index (χ2v) is 6.37. The maximum Gasteiger partial charge on any atom is 0.0558 e. The Morgan fingerprint density at radius 3 is 2.86 bits per heavy atom. The molecular weight excluding hydrogens is 330 g/mol. The Bertz CT molecular complexity index is 442. The zero-order valence-corrected chi connectivity index (χ0v) is 14.4. The van der Waals surface area contributed by atoms with Crippen molar-refractivity contribution in [2.75, 3.05) is 50.8 Å². The van der Waals surface area contributed by atoms with Crippen molar-refractivity contribution in [1.29, 1.82) is 0 Å². The van der Waals surface area contributed by atoms with Crippen LogP contribution in [0.1, 0.15) is 18.9 Å². The van der Waals surface area contributed by atoms with Crippen LogP contribution in [0, 0.1) is 0 Å². The average Bonchev–Trinajstić information content (AvgIpc) is 2.72. The summed E-state index contributed by atoms with van der Waals surface area (Å²) in [6, 6.07) is 6.55. The Morgan fingerprint density at radius 1 is 1.24 bits per heavy atom. The summed E-state index contributed by atoms with van der Waals surface area (Å²) in [6.07, 6.45) is 1.15. The first-order valence-electron chi connectivity index (χ1n) is 7.82. The standard InChI is InChI=1S/C16H26BrN3O/c1-2-18-13-14-4-5-15(17)12-16(14)20-7-3-6-19(8-9-20)10-11-21/h4-5,12,18,21H,2-3,6-11,13H2,1H3. The minimum atomic E-state index is 0.253. The van der Waals surface area contributed by atoms with E-state index in [4.69, 9.17) is 5.11 Å². The number of rotatable bonds is 6. The highest BCUT2D eigenvalue weighted by atomic mass is 79.9. The van der Waals surface area contributed by atoms with Gasteiger partial charge in [0.05, 0.1) is 6.61 Å². The van der Waals surface area contributed by atoms with Gasteiger partial charge in [-0.1, -0.05) is 28.9 Å². The van der Waals surface area contributed by atoms with E-state index in [2.05, 4.69) is 56.2 Å². The number of halogens is 1. The summed E-state index contributed by atoms with van der Waals surface area (Å²) >= 11 is 3.60. The first-order valence-corrected chi connectivity index (χ1v) is 8.61. The molecule has 0 spiro atoms. The zero-order valence-electron chi connectivity index (χ0n) is 12.8. The van der Waals surface area contributed by atoms with Gasteiger partial charge in [-0.2, -0.15) is 0 Å². The molecule has 0 radical (unpaired) electrons. The van der Waals surface area contributed by atoms with E-state index in [0.29, 0.717) is 0 Å². The molecule has 1 aliphatic heterocycles. The minimum Gasteiger partial charge on any atom is -0.395 e. The molecule has 0 aromatic heterocycles. The van der Waals surface area contributed by atoms with Crippen molar-refractivity contribution in [3.63, 3.8) is 0 Å². The largest absolute Gasteiger partial charge is 0.395 e. The number of benzene rings is 1. The molecular formula is C16H26BrN3O. The number of hydrogen-bond acceptors (Lipinski definition) is 4. The third-order valence-corrected chi connectivity index (χ3v) is 4.45. The summed E-state index contributed by atoms with van der Waals surface area (Å²) < 4.78 is 1.13. The Labute approximate surface area is 136 Å². The molecule has 1 aromatic carbocycles. The summed E-state index contributed by atoms with van der Waals surface area (Å²) in [5, 5.41) is 12.5. The monoisotopic (exact) mass is 355 g/mol. The molecule has 1 aromatic rings. The lowest BCUT2D eigenvalue weighted by molar-refractivity contribution is 0.204. The molecule has 21 heavy (non-hydrogen) atoms. The van der Waals surface area contributed by atoms with Gasteiger partial charge in [0.25, 0.3) is 0 Å². The highest BCUT2D eigenvalue weighted by Gasteiger charge is 2.17. The van der Waals surface area contributed by atoms with Crippen LogP contribution in [-0.2, 0) is 6.54 Å². The van der Waals surface area contributed by atoms with Crippen molar-refractivity contribution in [3.05, 3.63) is 28.2 Å². The molecule has 1 aliphatic rings. The van der Waals surface area contributed by atoms with Crippen molar-refractivity contribution in [1.82, 2.24) is 10.2 Å². The fourth-order valence-electron chi connectivity index (χ4n) is 2.82. The number of aliphatic hydroxyl groups is 1. The van der Waals surface area contributed by atoms with Crippen LogP contribution in [0.3, 0.4) is 0 Å². The van der Waals surface area contributed by atoms with Gasteiger partial charge in [0.2, 0.25) is 0 Å². The van der Waals surface area contributed by atoms with E-state index in [1.165, 1.54) is 11.3 Å². The third-order valence-electron chi connectivity index (χ3n) is 3.96. The van der Waals surface area contributed by atoms with E-state index >= 15 is 0 Å². The van der Waals surface area contributed by atoms with Crippen LogP contribution in [0.4, 0.5) is 5.69 Å². The van der Waals surface area contributed by atoms with Crippen LogP contribution in [0.5, 0.6) is 0 Å². The van der Waals surface area contributed by atoms with Crippen molar-refractivity contribution >= 4 is 21.6 Å². The quantitative estimate of drug-likeness (QED) is 0.819. The maximum absolute atomic E-state index is 9.10. The van der Waals surface area contributed by atoms with Gasteiger partial charge in [-0.3, -0.25) is 4.90 Å². The van der Waals surface area contributed by atoms with E-state index in [-0.39, 0.29) is 6.61 Å². The molecule has 0 amide bonds. The van der Waals surface area contributed by atoms with Crippen LogP contribution >= 0.6 is 15.9 Å². The van der Waals surface area contributed by atoms with Crippen molar-refractivity contribution in [2.45, 2.75) is 19.9 Å². The Balaban J connectivity index is 2.10. The molecule has 0 saturated carbocycles. The molecule has 0 bridgehead atoms. The van der Waals surface area contributed by atoms with Gasteiger partial charge in [0, 0.05) is 42.9 Å². The van der Waals surface area contributed by atoms with Gasteiger partial charge >= 0.3 is 0 Å². The predicted molar refractivity (Wildman–Crippen MR) is 91.9 cm³/mol. The molecule has 2 rings (SSSR count). The van der Waals surface area contributed by atoms with Crippen molar-refractivity contribution in [2.24, 2.45) is 0 Å². The fraction of sp³-hybridized carbons (Fsp3) is 0.625. The molecule has 1 saturated heterocycles. The van der Waals surface area contributed by atoms with Crippen LogP contribution in [0.15, 0.2) is 22.7 Å². The molecule has 1 fully saturated rings. The molecule has 0 unspecified atom stereocenters. The van der Waals surface area contributed by atoms with Gasteiger partial charge in [-0.05, 0) is 37.2 Å². The lowest BCUT2D eigenvalue weighted by Crippen LogP contribution is -2.33. The Morgan fingerprint density at radius 2 is 2.10 bits per heavy atom. The van der Waals surface area contributed by atoms with Crippen LogP contribution < -0.4 is 10.2 Å². The van der Waals surface area contributed by atoms with Crippen LogP contribution in [-0.4, -0.2) is 55.9 Å². The topological polar surface area (TPSA) is 38.7 Å². The molecule has 5 heteroatoms. The number of nitrogens with one attached hydrogen (secondary N) is 1. The van der Waals surface area contributed by atoms with Crippen molar-refractivity contribution in [3.8, 4) is 0 Å². The highest BCUT2D eigenvalue weighted by molar-refractivity contribution is 9.10. The van der Waals surface area contributed by atoms with E-state index in [9.17, 15) is 0 Å². The normalized spacial score (nSPS) is 17.0. The fourth-order valence-corrected chi connectivity index (χ4v) is 3.17. The van der Waals surface area contributed by atoms with E-state index in [0.717, 1.165) is 56.7 Å². The number of hydrogen-bond donors (Lipinski definition) is 2. The highest BCUT2D eigenvalue weighted by Crippen LogP contribution is 2.26. The Kier molecular flexibility index (Phi) is 6.96. The van der Waals surface area contributed by atoms with Gasteiger partial charge < -0.3 is 15.3 Å². The molecule has 0 atom stereocenters. The minimum absolute atomic E-state index is 0.253. The van der Waals surface area contributed by atoms with Crippen molar-refractivity contribution < 1.29 is 5.11 Å². The first kappa shape index (κ1) is 16.7. The van der Waals surface area contributed by atoms with Crippen LogP contribution in [0.25, 0.3) is 0 Å². The summed E-state index contributed by atoms with van der Waals surface area (Å²) in [6.45, 7) is 9.28. The van der Waals surface area contributed by atoms with Gasteiger partial charge in [-0.15, -0.1) is 0 Å². The molecule has 1 heterocycles. The molecule has 118 valence electrons. The lowest BCUT2D eigenvalue weighted by atomic mass is 10.1. The number of nitrogens with zero attached hydrogens (tertiary/aromatic N) is 2. The average molecular weight is 356 g/mol. The summed E-state index contributed by atoms with van der Waals surface area (Å²) in [4.78, 5) is 4.83. The smallest absolute Gasteiger partial charge is 0.0558 e. The van der Waals surface area contributed by atoms with Gasteiger partial charge in [-0.25, -0.2) is 0 Å². The van der Waals surface area contributed by atoms with Crippen LogP contribution in [0.2, 0.25) is 0 Å². The van der Waals surface area contributed by atoms with Gasteiger partial charge in [0.15, 0.2) is 0 Å². The maximum atomic E-state index is 9.10. The lowest BCUT2D eigenvalue weighted by Gasteiger charge is -2.26. The van der Waals surface area contributed by atoms with Gasteiger partial charge in [0.1, 0.15) is 0 Å². The second kappa shape index (κ2) is 8.73. The number of β-amino-alcohol motifs (C(OH)–C–C–N with tert-alkyl or cyclic N) is 1. The van der Waals surface area contributed by atoms with E-state index in [1.54, 1.807) is 0 Å². The first-order chi connectivity index (χ1) is 10.2. The molecule has 4 nitrogen and oxygen atoms in total. The van der Waals surface area contributed by atoms with E-state index < -0.39 is 0 Å². The summed E-state index contributed by atoms with van der Waals surface area (Å²) in [5.41, 5.74) is 2.69. The molecule has 2 N–H and O–H groups in total. The van der Waals surface area contributed by atoms with E-state index in [1.807, 2.05) is 0 Å². The summed E-state index contributed by atoms with van der Waals surface area (Å²) in [5.74, 6) is 0. The predicted octanol–water partition coefficient (Wildman–Crippen LogP) is 2.06. The molecule has 0 aliphatic carbocycles. The second-order valence-electron chi connectivity index (χ2n) is 5.46. The SMILES string of the molecule is CCNCc1ccc(Br)cc1N1CCCN(CCO)CC1. The number of aliphatic hydroxyl groups excluding tert-OH is 1. The zero-order chi connectivity index (χ0) is 15.1.